The SMILES string of the molecule is CC(C)(C)OC(=O)NC(CNC1CCC(O)CC1)C1CC1. The van der Waals surface area contributed by atoms with Crippen LogP contribution in [0.25, 0.3) is 0 Å². The van der Waals surface area contributed by atoms with Gasteiger partial charge in [-0.25, -0.2) is 4.79 Å². The maximum atomic E-state index is 11.9. The number of amides is 1. The van der Waals surface area contributed by atoms with E-state index in [1.54, 1.807) is 0 Å². The summed E-state index contributed by atoms with van der Waals surface area (Å²) in [7, 11) is 0. The minimum Gasteiger partial charge on any atom is -0.444 e. The molecule has 1 atom stereocenters. The zero-order valence-corrected chi connectivity index (χ0v) is 13.5. The second-order valence-corrected chi connectivity index (χ2v) is 7.50. The van der Waals surface area contributed by atoms with E-state index < -0.39 is 5.60 Å². The summed E-state index contributed by atoms with van der Waals surface area (Å²) in [5, 5.41) is 16.1. The Morgan fingerprint density at radius 1 is 1.19 bits per heavy atom. The number of aliphatic hydroxyl groups excluding tert-OH is 1. The van der Waals surface area contributed by atoms with Gasteiger partial charge < -0.3 is 20.5 Å². The fraction of sp³-hybridized carbons (Fsp3) is 0.938. The molecule has 0 aromatic carbocycles. The molecular weight excluding hydrogens is 268 g/mol. The molecule has 0 spiro atoms. The van der Waals surface area contributed by atoms with E-state index in [0.29, 0.717) is 12.0 Å². The molecule has 2 fully saturated rings. The molecule has 2 aliphatic rings. The number of carbonyl (C=O) groups is 1. The zero-order chi connectivity index (χ0) is 15.5. The summed E-state index contributed by atoms with van der Waals surface area (Å²) in [6.45, 7) is 6.43. The van der Waals surface area contributed by atoms with Crippen LogP contribution in [0.2, 0.25) is 0 Å². The Kier molecular flexibility index (Phi) is 5.49. The molecular formula is C16H30N2O3. The Hall–Kier alpha value is -0.810. The van der Waals surface area contributed by atoms with E-state index in [-0.39, 0.29) is 18.2 Å². The number of alkyl carbamates (subject to hydrolysis) is 1. The standard InChI is InChI=1S/C16H30N2O3/c1-16(2,3)21-15(20)18-14(11-4-5-11)10-17-12-6-8-13(19)9-7-12/h11-14,17,19H,4-10H2,1-3H3,(H,18,20). The number of hydrogen-bond donors (Lipinski definition) is 3. The third-order valence-corrected chi connectivity index (χ3v) is 4.22. The van der Waals surface area contributed by atoms with Crippen molar-refractivity contribution in [3.63, 3.8) is 0 Å². The van der Waals surface area contributed by atoms with Crippen molar-refractivity contribution < 1.29 is 14.6 Å². The first-order valence-corrected chi connectivity index (χ1v) is 8.24. The molecule has 2 rings (SSSR count). The van der Waals surface area contributed by atoms with Crippen molar-refractivity contribution in [3.8, 4) is 0 Å². The van der Waals surface area contributed by atoms with Crippen LogP contribution < -0.4 is 10.6 Å². The minimum atomic E-state index is -0.453. The quantitative estimate of drug-likeness (QED) is 0.727. The van der Waals surface area contributed by atoms with Crippen LogP contribution in [-0.4, -0.2) is 41.5 Å². The largest absolute Gasteiger partial charge is 0.444 e. The van der Waals surface area contributed by atoms with Gasteiger partial charge in [-0.1, -0.05) is 0 Å². The van der Waals surface area contributed by atoms with E-state index in [1.807, 2.05) is 20.8 Å². The molecule has 0 heterocycles. The van der Waals surface area contributed by atoms with Crippen LogP contribution in [0.4, 0.5) is 4.79 Å². The van der Waals surface area contributed by atoms with E-state index >= 15 is 0 Å². The Labute approximate surface area is 127 Å². The van der Waals surface area contributed by atoms with Crippen LogP contribution in [-0.2, 0) is 4.74 Å². The first kappa shape index (κ1) is 16.6. The van der Waals surface area contributed by atoms with Gasteiger partial charge in [0.2, 0.25) is 0 Å². The monoisotopic (exact) mass is 298 g/mol. The molecule has 2 saturated carbocycles. The average molecular weight is 298 g/mol. The Balaban J connectivity index is 1.73. The molecule has 0 saturated heterocycles. The van der Waals surface area contributed by atoms with Crippen molar-refractivity contribution in [2.45, 2.75) is 83.1 Å². The lowest BCUT2D eigenvalue weighted by Crippen LogP contribution is -2.48. The Morgan fingerprint density at radius 3 is 2.33 bits per heavy atom. The van der Waals surface area contributed by atoms with E-state index in [0.717, 1.165) is 32.2 Å². The van der Waals surface area contributed by atoms with Gasteiger partial charge in [0, 0.05) is 18.6 Å². The average Bonchev–Trinajstić information content (AvgIpc) is 3.18. The van der Waals surface area contributed by atoms with Gasteiger partial charge >= 0.3 is 6.09 Å². The molecule has 0 bridgehead atoms. The minimum absolute atomic E-state index is 0.123. The molecule has 0 aromatic rings. The molecule has 5 heteroatoms. The summed E-state index contributed by atoms with van der Waals surface area (Å²) in [6.07, 6.45) is 5.73. The summed E-state index contributed by atoms with van der Waals surface area (Å²) in [5.41, 5.74) is -0.453. The molecule has 0 radical (unpaired) electrons. The Bertz CT molecular complexity index is 342. The van der Waals surface area contributed by atoms with Gasteiger partial charge in [0.1, 0.15) is 5.60 Å². The number of hydrogen-bond acceptors (Lipinski definition) is 4. The van der Waals surface area contributed by atoms with Crippen LogP contribution in [0.1, 0.15) is 59.3 Å². The number of aliphatic hydroxyl groups is 1. The van der Waals surface area contributed by atoms with Gasteiger partial charge in [-0.05, 0) is 65.2 Å². The van der Waals surface area contributed by atoms with Gasteiger partial charge in [0.15, 0.2) is 0 Å². The number of carbonyl (C=O) groups excluding carboxylic acids is 1. The van der Waals surface area contributed by atoms with Gasteiger partial charge in [0.05, 0.1) is 6.10 Å². The lowest BCUT2D eigenvalue weighted by molar-refractivity contribution is 0.0495. The second-order valence-electron chi connectivity index (χ2n) is 7.50. The van der Waals surface area contributed by atoms with Crippen LogP contribution in [0.3, 0.4) is 0 Å². The second kappa shape index (κ2) is 6.97. The van der Waals surface area contributed by atoms with E-state index in [2.05, 4.69) is 10.6 Å². The summed E-state index contributed by atoms with van der Waals surface area (Å²) in [4.78, 5) is 11.9. The van der Waals surface area contributed by atoms with Crippen molar-refractivity contribution in [2.75, 3.05) is 6.54 Å². The smallest absolute Gasteiger partial charge is 0.407 e. The first-order valence-electron chi connectivity index (χ1n) is 8.24. The van der Waals surface area contributed by atoms with Crippen molar-refractivity contribution >= 4 is 6.09 Å². The predicted molar refractivity (Wildman–Crippen MR) is 82.1 cm³/mol. The van der Waals surface area contributed by atoms with E-state index in [4.69, 9.17) is 4.74 Å². The highest BCUT2D eigenvalue weighted by Gasteiger charge is 2.33. The predicted octanol–water partition coefficient (Wildman–Crippen LogP) is 2.18. The van der Waals surface area contributed by atoms with Crippen molar-refractivity contribution in [1.82, 2.24) is 10.6 Å². The van der Waals surface area contributed by atoms with Gasteiger partial charge in [0.25, 0.3) is 0 Å². The maximum Gasteiger partial charge on any atom is 0.407 e. The summed E-state index contributed by atoms with van der Waals surface area (Å²) < 4.78 is 5.34. The van der Waals surface area contributed by atoms with Gasteiger partial charge in [-0.2, -0.15) is 0 Å². The summed E-state index contributed by atoms with van der Waals surface area (Å²) in [6, 6.07) is 0.627. The Morgan fingerprint density at radius 2 is 1.81 bits per heavy atom. The van der Waals surface area contributed by atoms with Crippen molar-refractivity contribution in [2.24, 2.45) is 5.92 Å². The highest BCUT2D eigenvalue weighted by Crippen LogP contribution is 2.32. The van der Waals surface area contributed by atoms with Crippen LogP contribution >= 0.6 is 0 Å². The maximum absolute atomic E-state index is 11.9. The number of ether oxygens (including phenoxy) is 1. The van der Waals surface area contributed by atoms with Crippen molar-refractivity contribution in [3.05, 3.63) is 0 Å². The topological polar surface area (TPSA) is 70.6 Å². The van der Waals surface area contributed by atoms with Crippen LogP contribution in [0, 0.1) is 5.92 Å². The lowest BCUT2D eigenvalue weighted by Gasteiger charge is -2.29. The van der Waals surface area contributed by atoms with Crippen LogP contribution in [0.5, 0.6) is 0 Å². The molecule has 3 N–H and O–H groups in total. The normalized spacial score (nSPS) is 28.0. The first-order chi connectivity index (χ1) is 9.83. The van der Waals surface area contributed by atoms with Crippen LogP contribution in [0.15, 0.2) is 0 Å². The molecule has 1 unspecified atom stereocenters. The number of nitrogens with one attached hydrogen (secondary N) is 2. The molecule has 21 heavy (non-hydrogen) atoms. The summed E-state index contributed by atoms with van der Waals surface area (Å²) in [5.74, 6) is 0.583. The molecule has 122 valence electrons. The number of rotatable bonds is 5. The fourth-order valence-electron chi connectivity index (χ4n) is 2.87. The molecule has 1 amide bonds. The molecule has 0 aliphatic heterocycles. The molecule has 2 aliphatic carbocycles. The lowest BCUT2D eigenvalue weighted by atomic mass is 9.93. The third kappa shape index (κ3) is 6.22. The zero-order valence-electron chi connectivity index (χ0n) is 13.5. The molecule has 5 nitrogen and oxygen atoms in total. The van der Waals surface area contributed by atoms with E-state index in [1.165, 1.54) is 12.8 Å². The fourth-order valence-corrected chi connectivity index (χ4v) is 2.87. The highest BCUT2D eigenvalue weighted by atomic mass is 16.6. The highest BCUT2D eigenvalue weighted by molar-refractivity contribution is 5.68. The summed E-state index contributed by atoms with van der Waals surface area (Å²) >= 11 is 0. The van der Waals surface area contributed by atoms with Crippen molar-refractivity contribution in [1.29, 1.82) is 0 Å². The van der Waals surface area contributed by atoms with E-state index in [9.17, 15) is 9.90 Å². The third-order valence-electron chi connectivity index (χ3n) is 4.22. The van der Waals surface area contributed by atoms with Gasteiger partial charge in [-0.15, -0.1) is 0 Å². The molecule has 0 aromatic heterocycles. The van der Waals surface area contributed by atoms with Gasteiger partial charge in [-0.3, -0.25) is 0 Å².